The topological polar surface area (TPSA) is 100 Å². The van der Waals surface area contributed by atoms with Gasteiger partial charge in [0.05, 0.1) is 17.7 Å². The van der Waals surface area contributed by atoms with Crippen molar-refractivity contribution >= 4 is 27.8 Å². The number of rotatable bonds is 9. The highest BCUT2D eigenvalue weighted by molar-refractivity contribution is 7.89. The maximum Gasteiger partial charge on any atom is 0.416 e. The van der Waals surface area contributed by atoms with Crippen LogP contribution in [0.15, 0.2) is 72.9 Å². The second-order valence-corrected chi connectivity index (χ2v) is 13.1. The molecule has 222 valence electrons. The monoisotopic (exact) mass is 594 g/mol. The molecule has 3 aromatic rings. The van der Waals surface area contributed by atoms with E-state index in [1.54, 1.807) is 32.2 Å². The van der Waals surface area contributed by atoms with Gasteiger partial charge in [0.15, 0.2) is 0 Å². The van der Waals surface area contributed by atoms with Crippen molar-refractivity contribution in [3.8, 4) is 11.1 Å². The minimum absolute atomic E-state index is 0.0813. The van der Waals surface area contributed by atoms with E-state index in [0.29, 0.717) is 19.5 Å². The summed E-state index contributed by atoms with van der Waals surface area (Å²) in [6.45, 7) is 5.07. The third-order valence-corrected chi connectivity index (χ3v) is 9.84. The van der Waals surface area contributed by atoms with Crippen molar-refractivity contribution in [2.45, 2.75) is 26.3 Å². The Morgan fingerprint density at radius 2 is 1.64 bits per heavy atom. The zero-order valence-electron chi connectivity index (χ0n) is 23.7. The zero-order valence-corrected chi connectivity index (χ0v) is 24.5. The van der Waals surface area contributed by atoms with Crippen LogP contribution >= 0.6 is 0 Å². The van der Waals surface area contributed by atoms with E-state index in [-0.39, 0.29) is 37.2 Å². The average molecular weight is 595 g/mol. The van der Waals surface area contributed by atoms with Crippen LogP contribution in [0.2, 0.25) is 0 Å². The molecule has 2 aliphatic heterocycles. The summed E-state index contributed by atoms with van der Waals surface area (Å²) < 4.78 is 46.9. The van der Waals surface area contributed by atoms with Gasteiger partial charge in [-0.3, -0.25) is 4.79 Å². The van der Waals surface area contributed by atoms with Crippen LogP contribution in [0.5, 0.6) is 0 Å². The van der Waals surface area contributed by atoms with Crippen LogP contribution in [0.25, 0.3) is 11.1 Å². The Morgan fingerprint density at radius 3 is 2.26 bits per heavy atom. The molecule has 0 N–H and O–H groups in total. The number of aromatic nitrogens is 1. The standard InChI is InChI=1S/C31H35FN4O5S/c1-22(2)28(30(37)36-27(20-41-31(36)38)18-23-6-4-3-5-7-23)21-42(39,40)35-16-14-34(15-17-35)29-13-10-25(19-33-29)24-8-11-26(32)12-9-24/h3-13,19,22,27-28H,14-18,20-21H2,1-2H3/t27-,28-/m1/s1. The quantitative estimate of drug-likeness (QED) is 0.366. The van der Waals surface area contributed by atoms with E-state index in [1.807, 2.05) is 47.4 Å². The van der Waals surface area contributed by atoms with Crippen LogP contribution in [0.4, 0.5) is 15.0 Å². The predicted octanol–water partition coefficient (Wildman–Crippen LogP) is 4.20. The van der Waals surface area contributed by atoms with Crippen molar-refractivity contribution in [1.82, 2.24) is 14.2 Å². The lowest BCUT2D eigenvalue weighted by Gasteiger charge is -2.36. The summed E-state index contributed by atoms with van der Waals surface area (Å²) in [5.41, 5.74) is 2.68. The molecule has 2 saturated heterocycles. The number of cyclic esters (lactones) is 1. The highest BCUT2D eigenvalue weighted by Gasteiger charge is 2.43. The number of amides is 2. The highest BCUT2D eigenvalue weighted by atomic mass is 32.2. The van der Waals surface area contributed by atoms with Gasteiger partial charge >= 0.3 is 6.09 Å². The number of pyridine rings is 1. The first-order valence-corrected chi connectivity index (χ1v) is 15.7. The molecule has 11 heteroatoms. The van der Waals surface area contributed by atoms with Gasteiger partial charge in [0, 0.05) is 37.9 Å². The second-order valence-electron chi connectivity index (χ2n) is 11.1. The van der Waals surface area contributed by atoms with E-state index in [2.05, 4.69) is 4.98 Å². The Bertz CT molecular complexity index is 1490. The van der Waals surface area contributed by atoms with Gasteiger partial charge in [0.25, 0.3) is 0 Å². The number of piperazine rings is 1. The molecule has 0 saturated carbocycles. The van der Waals surface area contributed by atoms with Crippen molar-refractivity contribution in [3.05, 3.63) is 84.3 Å². The number of anilines is 1. The largest absolute Gasteiger partial charge is 0.447 e. The van der Waals surface area contributed by atoms with Crippen LogP contribution in [-0.2, 0) is 26.0 Å². The van der Waals surface area contributed by atoms with Gasteiger partial charge in [-0.05, 0) is 47.7 Å². The van der Waals surface area contributed by atoms with Gasteiger partial charge in [-0.15, -0.1) is 0 Å². The first kappa shape index (κ1) is 29.7. The number of hydrogen-bond donors (Lipinski definition) is 0. The molecule has 0 bridgehead atoms. The molecule has 0 aliphatic carbocycles. The van der Waals surface area contributed by atoms with E-state index in [9.17, 15) is 22.4 Å². The number of halogens is 1. The Morgan fingerprint density at radius 1 is 0.976 bits per heavy atom. The fourth-order valence-electron chi connectivity index (χ4n) is 5.41. The SMILES string of the molecule is CC(C)[C@@H](CS(=O)(=O)N1CCN(c2ccc(-c3ccc(F)cc3)cn2)CC1)C(=O)N1C(=O)OC[C@H]1Cc1ccccc1. The van der Waals surface area contributed by atoms with Gasteiger partial charge in [0.2, 0.25) is 15.9 Å². The van der Waals surface area contributed by atoms with Crippen LogP contribution in [0, 0.1) is 17.7 Å². The van der Waals surface area contributed by atoms with Gasteiger partial charge in [0.1, 0.15) is 18.2 Å². The minimum atomic E-state index is -3.79. The average Bonchev–Trinajstić information content (AvgIpc) is 3.36. The molecule has 1 aromatic heterocycles. The number of ether oxygens (including phenoxy) is 1. The molecule has 2 aliphatic rings. The van der Waals surface area contributed by atoms with Crippen molar-refractivity contribution < 1.29 is 27.1 Å². The highest BCUT2D eigenvalue weighted by Crippen LogP contribution is 2.27. The van der Waals surface area contributed by atoms with Gasteiger partial charge in [-0.25, -0.2) is 27.5 Å². The molecule has 3 heterocycles. The molecule has 2 atom stereocenters. The lowest BCUT2D eigenvalue weighted by atomic mass is 9.95. The second kappa shape index (κ2) is 12.6. The Kier molecular flexibility index (Phi) is 8.88. The van der Waals surface area contributed by atoms with Crippen LogP contribution in [0.1, 0.15) is 19.4 Å². The van der Waals surface area contributed by atoms with Gasteiger partial charge in [-0.1, -0.05) is 56.3 Å². The fraction of sp³-hybridized carbons (Fsp3) is 0.387. The van der Waals surface area contributed by atoms with Crippen LogP contribution in [-0.4, -0.2) is 79.2 Å². The van der Waals surface area contributed by atoms with E-state index >= 15 is 0 Å². The maximum atomic E-state index is 13.6. The smallest absolute Gasteiger partial charge is 0.416 e. The van der Waals surface area contributed by atoms with E-state index in [0.717, 1.165) is 27.4 Å². The van der Waals surface area contributed by atoms with Crippen molar-refractivity contribution in [3.63, 3.8) is 0 Å². The molecule has 9 nitrogen and oxygen atoms in total. The summed E-state index contributed by atoms with van der Waals surface area (Å²) in [5.74, 6) is -1.66. The lowest BCUT2D eigenvalue weighted by molar-refractivity contribution is -0.134. The fourth-order valence-corrected chi connectivity index (χ4v) is 7.32. The maximum absolute atomic E-state index is 13.6. The molecule has 0 radical (unpaired) electrons. The summed E-state index contributed by atoms with van der Waals surface area (Å²) >= 11 is 0. The van der Waals surface area contributed by atoms with E-state index in [4.69, 9.17) is 4.74 Å². The number of carbonyl (C=O) groups excluding carboxylic acids is 2. The van der Waals surface area contributed by atoms with Crippen LogP contribution < -0.4 is 4.90 Å². The Balaban J connectivity index is 1.22. The molecule has 2 amide bonds. The zero-order chi connectivity index (χ0) is 29.9. The number of imide groups is 1. The normalized spacial score (nSPS) is 18.8. The minimum Gasteiger partial charge on any atom is -0.447 e. The van der Waals surface area contributed by atoms with E-state index < -0.39 is 34.0 Å². The van der Waals surface area contributed by atoms with E-state index in [1.165, 1.54) is 16.4 Å². The third-order valence-electron chi connectivity index (χ3n) is 7.91. The summed E-state index contributed by atoms with van der Waals surface area (Å²) in [7, 11) is -3.79. The Hall–Kier alpha value is -3.83. The van der Waals surface area contributed by atoms with Crippen LogP contribution in [0.3, 0.4) is 0 Å². The summed E-state index contributed by atoms with van der Waals surface area (Å²) in [5, 5.41) is 0. The van der Waals surface area contributed by atoms with Gasteiger partial charge in [-0.2, -0.15) is 4.31 Å². The number of nitrogens with zero attached hydrogens (tertiary/aromatic N) is 4. The first-order valence-electron chi connectivity index (χ1n) is 14.1. The molecule has 2 aromatic carbocycles. The first-order chi connectivity index (χ1) is 20.1. The molecular formula is C31H35FN4O5S. The van der Waals surface area contributed by atoms with Gasteiger partial charge < -0.3 is 9.64 Å². The summed E-state index contributed by atoms with van der Waals surface area (Å²) in [6, 6.07) is 19.0. The summed E-state index contributed by atoms with van der Waals surface area (Å²) in [4.78, 5) is 33.9. The molecule has 2 fully saturated rings. The number of carbonyl (C=O) groups is 2. The predicted molar refractivity (Wildman–Crippen MR) is 158 cm³/mol. The summed E-state index contributed by atoms with van der Waals surface area (Å²) in [6.07, 6.45) is 1.44. The molecule has 5 rings (SSSR count). The van der Waals surface area contributed by atoms with Crippen molar-refractivity contribution in [2.24, 2.45) is 11.8 Å². The molecule has 0 spiro atoms. The molecular weight excluding hydrogens is 559 g/mol. The Labute approximate surface area is 246 Å². The lowest BCUT2D eigenvalue weighted by Crippen LogP contribution is -2.52. The number of sulfonamides is 1. The number of hydrogen-bond acceptors (Lipinski definition) is 7. The van der Waals surface area contributed by atoms with Crippen molar-refractivity contribution in [2.75, 3.05) is 43.4 Å². The third kappa shape index (κ3) is 6.63. The molecule has 42 heavy (non-hydrogen) atoms. The number of benzene rings is 2. The van der Waals surface area contributed by atoms with Crippen molar-refractivity contribution in [1.29, 1.82) is 0 Å². The molecule has 0 unspecified atom stereocenters.